The Bertz CT molecular complexity index is 213. The van der Waals surface area contributed by atoms with Crippen LogP contribution in [0.25, 0.3) is 0 Å². The van der Waals surface area contributed by atoms with Gasteiger partial charge in [-0.05, 0) is 5.57 Å². The lowest BCUT2D eigenvalue weighted by Gasteiger charge is -2.21. The Morgan fingerprint density at radius 1 is 1.50 bits per heavy atom. The standard InChI is InChI=1S/C8H9N2/c1-2-4-8-7(3-1)5-9-6-10-8/h1-5,8,10H,6H2. The minimum atomic E-state index is 0.405. The van der Waals surface area contributed by atoms with Crippen molar-refractivity contribution in [3.63, 3.8) is 0 Å². The van der Waals surface area contributed by atoms with Gasteiger partial charge >= 0.3 is 0 Å². The molecule has 0 fully saturated rings. The van der Waals surface area contributed by atoms with E-state index < -0.39 is 0 Å². The maximum Gasteiger partial charge on any atom is 0.0891 e. The van der Waals surface area contributed by atoms with Gasteiger partial charge in [-0.2, -0.15) is 0 Å². The first-order valence-corrected chi connectivity index (χ1v) is 3.42. The molecule has 0 aromatic rings. The Labute approximate surface area is 60.3 Å². The molecule has 1 radical (unpaired) electrons. The molecule has 0 saturated heterocycles. The molecule has 51 valence electrons. The van der Waals surface area contributed by atoms with Crippen molar-refractivity contribution in [3.8, 4) is 0 Å². The van der Waals surface area contributed by atoms with E-state index in [0.29, 0.717) is 6.04 Å². The SMILES string of the molecule is C1=CC2=C[N]CNC2C=C1. The molecule has 10 heavy (non-hydrogen) atoms. The summed E-state index contributed by atoms with van der Waals surface area (Å²) in [5.74, 6) is 0. The molecule has 1 atom stereocenters. The molecule has 0 aromatic heterocycles. The van der Waals surface area contributed by atoms with E-state index >= 15 is 0 Å². The molecular formula is C8H9N2. The first-order chi connectivity index (χ1) is 4.97. The molecule has 0 spiro atoms. The van der Waals surface area contributed by atoms with Crippen LogP contribution in [0.1, 0.15) is 0 Å². The molecule has 1 aliphatic heterocycles. The highest BCUT2D eigenvalue weighted by molar-refractivity contribution is 5.36. The number of fused-ring (bicyclic) bond motifs is 1. The third-order valence-corrected chi connectivity index (χ3v) is 1.71. The summed E-state index contributed by atoms with van der Waals surface area (Å²) >= 11 is 0. The van der Waals surface area contributed by atoms with Crippen LogP contribution in [-0.2, 0) is 0 Å². The normalized spacial score (nSPS) is 28.8. The highest BCUT2D eigenvalue weighted by Crippen LogP contribution is 2.12. The topological polar surface area (TPSA) is 26.1 Å². The first kappa shape index (κ1) is 5.74. The van der Waals surface area contributed by atoms with Crippen molar-refractivity contribution in [2.75, 3.05) is 6.67 Å². The van der Waals surface area contributed by atoms with E-state index in [4.69, 9.17) is 0 Å². The molecule has 1 heterocycles. The summed E-state index contributed by atoms with van der Waals surface area (Å²) < 4.78 is 0. The average molecular weight is 133 g/mol. The lowest BCUT2D eigenvalue weighted by atomic mass is 10.0. The summed E-state index contributed by atoms with van der Waals surface area (Å²) in [6, 6.07) is 0.405. The van der Waals surface area contributed by atoms with Gasteiger partial charge < -0.3 is 0 Å². The average Bonchev–Trinajstić information content (AvgIpc) is 2.05. The van der Waals surface area contributed by atoms with Gasteiger partial charge in [0.05, 0.1) is 12.7 Å². The Kier molecular flexibility index (Phi) is 1.32. The van der Waals surface area contributed by atoms with Crippen molar-refractivity contribution in [1.82, 2.24) is 10.6 Å². The number of nitrogens with one attached hydrogen (secondary N) is 1. The molecule has 1 unspecified atom stereocenters. The van der Waals surface area contributed by atoms with Crippen LogP contribution in [0.4, 0.5) is 0 Å². The van der Waals surface area contributed by atoms with E-state index in [1.165, 1.54) is 5.57 Å². The second-order valence-corrected chi connectivity index (χ2v) is 2.40. The highest BCUT2D eigenvalue weighted by Gasteiger charge is 2.12. The van der Waals surface area contributed by atoms with Crippen molar-refractivity contribution >= 4 is 0 Å². The third kappa shape index (κ3) is 0.866. The van der Waals surface area contributed by atoms with Crippen LogP contribution in [0.5, 0.6) is 0 Å². The quantitative estimate of drug-likeness (QED) is 0.512. The van der Waals surface area contributed by atoms with Crippen LogP contribution < -0.4 is 10.6 Å². The van der Waals surface area contributed by atoms with Crippen molar-refractivity contribution in [3.05, 3.63) is 36.1 Å². The maximum absolute atomic E-state index is 4.10. The van der Waals surface area contributed by atoms with Gasteiger partial charge in [0.25, 0.3) is 0 Å². The molecule has 2 nitrogen and oxygen atoms in total. The van der Waals surface area contributed by atoms with Gasteiger partial charge in [0.1, 0.15) is 0 Å². The van der Waals surface area contributed by atoms with E-state index in [9.17, 15) is 0 Å². The maximum atomic E-state index is 4.10. The molecule has 2 rings (SSSR count). The Hall–Kier alpha value is -1.02. The van der Waals surface area contributed by atoms with Crippen molar-refractivity contribution < 1.29 is 0 Å². The zero-order valence-corrected chi connectivity index (χ0v) is 5.62. The van der Waals surface area contributed by atoms with Gasteiger partial charge in [-0.25, -0.2) is 0 Å². The molecule has 2 aliphatic rings. The summed E-state index contributed by atoms with van der Waals surface area (Å²) in [5, 5.41) is 7.35. The fraction of sp³-hybridized carbons (Fsp3) is 0.250. The molecule has 1 N–H and O–H groups in total. The lowest BCUT2D eigenvalue weighted by molar-refractivity contribution is 0.582. The second kappa shape index (κ2) is 2.31. The van der Waals surface area contributed by atoms with E-state index in [2.05, 4.69) is 28.9 Å². The molecule has 1 aliphatic carbocycles. The van der Waals surface area contributed by atoms with Crippen LogP contribution in [-0.4, -0.2) is 12.7 Å². The number of allylic oxidation sites excluding steroid dienone is 2. The van der Waals surface area contributed by atoms with Crippen LogP contribution >= 0.6 is 0 Å². The molecular weight excluding hydrogens is 124 g/mol. The zero-order valence-electron chi connectivity index (χ0n) is 5.62. The Morgan fingerprint density at radius 2 is 2.50 bits per heavy atom. The van der Waals surface area contributed by atoms with E-state index in [-0.39, 0.29) is 0 Å². The van der Waals surface area contributed by atoms with Crippen molar-refractivity contribution in [1.29, 1.82) is 0 Å². The van der Waals surface area contributed by atoms with Gasteiger partial charge in [0, 0.05) is 6.20 Å². The minimum absolute atomic E-state index is 0.405. The van der Waals surface area contributed by atoms with Crippen LogP contribution in [0.15, 0.2) is 36.1 Å². The first-order valence-electron chi connectivity index (χ1n) is 3.42. The lowest BCUT2D eigenvalue weighted by Crippen LogP contribution is -2.37. The number of hydrogen-bond acceptors (Lipinski definition) is 1. The van der Waals surface area contributed by atoms with Gasteiger partial charge in [0.15, 0.2) is 0 Å². The Balaban J connectivity index is 2.27. The summed E-state index contributed by atoms with van der Waals surface area (Å²) in [4.78, 5) is 0. The number of rotatable bonds is 0. The predicted octanol–water partition coefficient (Wildman–Crippen LogP) is 0.530. The fourth-order valence-electron chi connectivity index (χ4n) is 1.17. The van der Waals surface area contributed by atoms with Crippen molar-refractivity contribution in [2.24, 2.45) is 0 Å². The summed E-state index contributed by atoms with van der Waals surface area (Å²) in [7, 11) is 0. The molecule has 0 amide bonds. The van der Waals surface area contributed by atoms with Gasteiger partial charge in [-0.3, -0.25) is 10.6 Å². The van der Waals surface area contributed by atoms with Crippen molar-refractivity contribution in [2.45, 2.75) is 6.04 Å². The molecule has 0 saturated carbocycles. The summed E-state index contributed by atoms with van der Waals surface area (Å²) in [6.45, 7) is 0.742. The Morgan fingerprint density at radius 3 is 3.40 bits per heavy atom. The van der Waals surface area contributed by atoms with Gasteiger partial charge in [0.2, 0.25) is 0 Å². The molecule has 0 bridgehead atoms. The highest BCUT2D eigenvalue weighted by atomic mass is 15.1. The molecule has 0 aromatic carbocycles. The van der Waals surface area contributed by atoms with E-state index in [1.54, 1.807) is 0 Å². The molecule has 2 heteroatoms. The van der Waals surface area contributed by atoms with E-state index in [1.807, 2.05) is 12.3 Å². The minimum Gasteiger partial charge on any atom is -0.288 e. The van der Waals surface area contributed by atoms with E-state index in [0.717, 1.165) is 6.67 Å². The summed E-state index contributed by atoms with van der Waals surface area (Å²) in [6.07, 6.45) is 10.2. The van der Waals surface area contributed by atoms with Gasteiger partial charge in [-0.15, -0.1) is 0 Å². The second-order valence-electron chi connectivity index (χ2n) is 2.40. The number of nitrogens with zero attached hydrogens (tertiary/aromatic N) is 1. The largest absolute Gasteiger partial charge is 0.288 e. The van der Waals surface area contributed by atoms with Gasteiger partial charge in [-0.1, -0.05) is 24.3 Å². The number of hydrogen-bond donors (Lipinski definition) is 1. The van der Waals surface area contributed by atoms with Crippen LogP contribution in [0, 0.1) is 0 Å². The smallest absolute Gasteiger partial charge is 0.0891 e. The summed E-state index contributed by atoms with van der Waals surface area (Å²) in [5.41, 5.74) is 1.26. The third-order valence-electron chi connectivity index (χ3n) is 1.71. The predicted molar refractivity (Wildman–Crippen MR) is 40.3 cm³/mol. The van der Waals surface area contributed by atoms with Crippen LogP contribution in [0.2, 0.25) is 0 Å². The monoisotopic (exact) mass is 133 g/mol. The fourth-order valence-corrected chi connectivity index (χ4v) is 1.17. The van der Waals surface area contributed by atoms with Crippen LogP contribution in [0.3, 0.4) is 0 Å². The zero-order chi connectivity index (χ0) is 6.81.